The number of guanidine groups is 1. The first kappa shape index (κ1) is 23.4. The lowest BCUT2D eigenvalue weighted by Gasteiger charge is -2.35. The molecule has 1 aromatic carbocycles. The third-order valence-electron chi connectivity index (χ3n) is 6.26. The lowest BCUT2D eigenvalue weighted by molar-refractivity contribution is 0.159. The minimum Gasteiger partial charge on any atom is -0.356 e. The van der Waals surface area contributed by atoms with E-state index in [-0.39, 0.29) is 0 Å². The zero-order valence-corrected chi connectivity index (χ0v) is 19.8. The number of benzene rings is 1. The van der Waals surface area contributed by atoms with E-state index in [9.17, 15) is 0 Å². The van der Waals surface area contributed by atoms with Gasteiger partial charge in [-0.3, -0.25) is 9.89 Å². The Balaban J connectivity index is 1.36. The van der Waals surface area contributed by atoms with E-state index in [4.69, 9.17) is 11.6 Å². The van der Waals surface area contributed by atoms with Gasteiger partial charge in [0.1, 0.15) is 0 Å². The number of halogens is 1. The molecule has 0 amide bonds. The molecule has 0 saturated carbocycles. The largest absolute Gasteiger partial charge is 0.356 e. The van der Waals surface area contributed by atoms with Crippen molar-refractivity contribution in [1.82, 2.24) is 20.4 Å². The summed E-state index contributed by atoms with van der Waals surface area (Å²) in [4.78, 5) is 9.65. The highest BCUT2D eigenvalue weighted by Gasteiger charge is 2.22. The topological polar surface area (TPSA) is 42.9 Å². The van der Waals surface area contributed by atoms with Crippen LogP contribution in [0.4, 0.5) is 0 Å². The van der Waals surface area contributed by atoms with Gasteiger partial charge in [0, 0.05) is 57.4 Å². The average molecular weight is 434 g/mol. The van der Waals surface area contributed by atoms with Gasteiger partial charge in [-0.05, 0) is 61.8 Å². The first-order valence-corrected chi connectivity index (χ1v) is 12.1. The molecule has 3 rings (SSSR count). The molecule has 5 nitrogen and oxygen atoms in total. The van der Waals surface area contributed by atoms with Gasteiger partial charge in [-0.15, -0.1) is 0 Å². The molecule has 1 unspecified atom stereocenters. The van der Waals surface area contributed by atoms with Crippen LogP contribution >= 0.6 is 11.6 Å². The fraction of sp³-hybridized carbons (Fsp3) is 0.708. The highest BCUT2D eigenvalue weighted by atomic mass is 35.5. The standard InChI is InChI=1S/C24H40ClN5/c1-19(2)16-30-12-4-5-21(18-30)15-27-24(26-3)28-23-10-13-29(14-11-23)17-20-6-8-22(25)9-7-20/h6-9,19,21,23H,4-5,10-18H2,1-3H3,(H2,26,27,28). The van der Waals surface area contributed by atoms with Crippen molar-refractivity contribution in [2.45, 2.75) is 52.1 Å². The highest BCUT2D eigenvalue weighted by Crippen LogP contribution is 2.18. The summed E-state index contributed by atoms with van der Waals surface area (Å²) in [6, 6.07) is 8.73. The zero-order chi connectivity index (χ0) is 21.3. The van der Waals surface area contributed by atoms with Crippen LogP contribution < -0.4 is 10.6 Å². The Morgan fingerprint density at radius 2 is 1.83 bits per heavy atom. The summed E-state index contributed by atoms with van der Waals surface area (Å²) < 4.78 is 0. The molecule has 2 N–H and O–H groups in total. The molecule has 2 saturated heterocycles. The number of piperidine rings is 2. The van der Waals surface area contributed by atoms with E-state index in [1.807, 2.05) is 19.2 Å². The van der Waals surface area contributed by atoms with Crippen molar-refractivity contribution in [1.29, 1.82) is 0 Å². The number of aliphatic imine (C=N–C) groups is 1. The first-order valence-electron chi connectivity index (χ1n) is 11.7. The van der Waals surface area contributed by atoms with E-state index in [1.165, 1.54) is 38.0 Å². The smallest absolute Gasteiger partial charge is 0.191 e. The second-order valence-electron chi connectivity index (χ2n) is 9.44. The maximum absolute atomic E-state index is 6.00. The molecule has 6 heteroatoms. The lowest BCUT2D eigenvalue weighted by Crippen LogP contribution is -2.50. The van der Waals surface area contributed by atoms with Crippen LogP contribution in [0.5, 0.6) is 0 Å². The molecule has 0 bridgehead atoms. The number of hydrogen-bond donors (Lipinski definition) is 2. The van der Waals surface area contributed by atoms with Crippen molar-refractivity contribution in [2.75, 3.05) is 46.3 Å². The van der Waals surface area contributed by atoms with Crippen molar-refractivity contribution < 1.29 is 0 Å². The molecule has 1 atom stereocenters. The number of nitrogens with one attached hydrogen (secondary N) is 2. The predicted octanol–water partition coefficient (Wildman–Crippen LogP) is 3.84. The van der Waals surface area contributed by atoms with Crippen LogP contribution in [0, 0.1) is 11.8 Å². The normalized spacial score (nSPS) is 22.4. The zero-order valence-electron chi connectivity index (χ0n) is 19.0. The number of rotatable bonds is 7. The first-order chi connectivity index (χ1) is 14.5. The molecule has 30 heavy (non-hydrogen) atoms. The van der Waals surface area contributed by atoms with Crippen LogP contribution in [0.3, 0.4) is 0 Å². The van der Waals surface area contributed by atoms with Crippen LogP contribution in [0.25, 0.3) is 0 Å². The molecule has 2 aliphatic heterocycles. The average Bonchev–Trinajstić information content (AvgIpc) is 2.74. The number of likely N-dealkylation sites (tertiary alicyclic amines) is 2. The molecule has 2 heterocycles. The van der Waals surface area contributed by atoms with E-state index in [2.05, 4.69) is 51.4 Å². The Hall–Kier alpha value is -1.30. The highest BCUT2D eigenvalue weighted by molar-refractivity contribution is 6.30. The minimum absolute atomic E-state index is 0.501. The van der Waals surface area contributed by atoms with Crippen LogP contribution in [0.1, 0.15) is 45.1 Å². The van der Waals surface area contributed by atoms with Crippen LogP contribution in [-0.4, -0.2) is 68.1 Å². The summed E-state index contributed by atoms with van der Waals surface area (Å²) in [7, 11) is 1.89. The van der Waals surface area contributed by atoms with Gasteiger partial charge in [-0.1, -0.05) is 37.6 Å². The maximum atomic E-state index is 6.00. The summed E-state index contributed by atoms with van der Waals surface area (Å²) in [6.07, 6.45) is 4.94. The van der Waals surface area contributed by atoms with E-state index in [0.29, 0.717) is 6.04 Å². The summed E-state index contributed by atoms with van der Waals surface area (Å²) in [5.74, 6) is 2.43. The molecular formula is C24H40ClN5. The monoisotopic (exact) mass is 433 g/mol. The van der Waals surface area contributed by atoms with E-state index >= 15 is 0 Å². The molecule has 2 fully saturated rings. The molecule has 2 aliphatic rings. The van der Waals surface area contributed by atoms with Crippen molar-refractivity contribution in [3.63, 3.8) is 0 Å². The third-order valence-corrected chi connectivity index (χ3v) is 6.51. The summed E-state index contributed by atoms with van der Waals surface area (Å²) in [5, 5.41) is 8.07. The van der Waals surface area contributed by atoms with Crippen molar-refractivity contribution >= 4 is 17.6 Å². The molecule has 0 aromatic heterocycles. The Kier molecular flexibility index (Phi) is 9.28. The maximum Gasteiger partial charge on any atom is 0.191 e. The minimum atomic E-state index is 0.501. The molecule has 168 valence electrons. The summed E-state index contributed by atoms with van der Waals surface area (Å²) >= 11 is 6.00. The van der Waals surface area contributed by atoms with Crippen molar-refractivity contribution in [3.8, 4) is 0 Å². The van der Waals surface area contributed by atoms with Gasteiger partial charge in [0.2, 0.25) is 0 Å². The Morgan fingerprint density at radius 3 is 2.50 bits per heavy atom. The fourth-order valence-corrected chi connectivity index (χ4v) is 4.84. The quantitative estimate of drug-likeness (QED) is 0.506. The van der Waals surface area contributed by atoms with Crippen LogP contribution in [0.2, 0.25) is 5.02 Å². The van der Waals surface area contributed by atoms with Gasteiger partial charge in [0.15, 0.2) is 5.96 Å². The molecule has 0 aliphatic carbocycles. The number of hydrogen-bond acceptors (Lipinski definition) is 3. The Bertz CT molecular complexity index is 652. The Morgan fingerprint density at radius 1 is 1.10 bits per heavy atom. The molecule has 1 aromatic rings. The summed E-state index contributed by atoms with van der Waals surface area (Å²) in [5.41, 5.74) is 1.34. The van der Waals surface area contributed by atoms with Gasteiger partial charge in [0.25, 0.3) is 0 Å². The third kappa shape index (κ3) is 7.75. The van der Waals surface area contributed by atoms with E-state index in [0.717, 1.165) is 61.8 Å². The van der Waals surface area contributed by atoms with E-state index in [1.54, 1.807) is 0 Å². The summed E-state index contributed by atoms with van der Waals surface area (Å²) in [6.45, 7) is 12.6. The van der Waals surface area contributed by atoms with Crippen molar-refractivity contribution in [2.24, 2.45) is 16.8 Å². The second kappa shape index (κ2) is 11.9. The second-order valence-corrected chi connectivity index (χ2v) is 9.87. The molecule has 0 spiro atoms. The van der Waals surface area contributed by atoms with Crippen LogP contribution in [0.15, 0.2) is 29.3 Å². The lowest BCUT2D eigenvalue weighted by atomic mass is 9.97. The van der Waals surface area contributed by atoms with Crippen molar-refractivity contribution in [3.05, 3.63) is 34.9 Å². The SMILES string of the molecule is CN=C(NCC1CCCN(CC(C)C)C1)NC1CCN(Cc2ccc(Cl)cc2)CC1. The molecule has 0 radical (unpaired) electrons. The van der Waals surface area contributed by atoms with Gasteiger partial charge in [-0.2, -0.15) is 0 Å². The van der Waals surface area contributed by atoms with Gasteiger partial charge < -0.3 is 15.5 Å². The Labute approximate surface area is 188 Å². The molecular weight excluding hydrogens is 394 g/mol. The van der Waals surface area contributed by atoms with Crippen LogP contribution in [-0.2, 0) is 6.54 Å². The van der Waals surface area contributed by atoms with Gasteiger partial charge in [-0.25, -0.2) is 0 Å². The van der Waals surface area contributed by atoms with Gasteiger partial charge >= 0.3 is 0 Å². The predicted molar refractivity (Wildman–Crippen MR) is 128 cm³/mol. The fourth-order valence-electron chi connectivity index (χ4n) is 4.71. The van der Waals surface area contributed by atoms with E-state index < -0.39 is 0 Å². The van der Waals surface area contributed by atoms with Gasteiger partial charge in [0.05, 0.1) is 0 Å². The number of nitrogens with zero attached hydrogens (tertiary/aromatic N) is 3.